The van der Waals surface area contributed by atoms with Crippen molar-refractivity contribution in [1.29, 1.82) is 0 Å². The summed E-state index contributed by atoms with van der Waals surface area (Å²) < 4.78 is 0. The summed E-state index contributed by atoms with van der Waals surface area (Å²) in [5.41, 5.74) is 16.5. The predicted molar refractivity (Wildman–Crippen MR) is 180 cm³/mol. The van der Waals surface area contributed by atoms with Gasteiger partial charge in [-0.25, -0.2) is 0 Å². The van der Waals surface area contributed by atoms with E-state index >= 15 is 0 Å². The second-order valence-corrected chi connectivity index (χ2v) is 13.9. The van der Waals surface area contributed by atoms with Crippen LogP contribution in [0.5, 0.6) is 0 Å². The van der Waals surface area contributed by atoms with E-state index < -0.39 is 0 Å². The zero-order chi connectivity index (χ0) is 28.7. The third kappa shape index (κ3) is 2.83. The van der Waals surface area contributed by atoms with Crippen molar-refractivity contribution in [3.63, 3.8) is 0 Å². The highest BCUT2D eigenvalue weighted by molar-refractivity contribution is 6.31. The molecule has 7 aromatic rings. The van der Waals surface area contributed by atoms with Gasteiger partial charge in [0.05, 0.1) is 0 Å². The van der Waals surface area contributed by atoms with Gasteiger partial charge in [-0.05, 0) is 120 Å². The van der Waals surface area contributed by atoms with Gasteiger partial charge >= 0.3 is 0 Å². The highest BCUT2D eigenvalue weighted by atomic mass is 14.4. The topological polar surface area (TPSA) is 0 Å². The molecule has 0 atom stereocenters. The van der Waals surface area contributed by atoms with Crippen LogP contribution in [0.4, 0.5) is 0 Å². The minimum atomic E-state index is -0.0646. The molecule has 0 heterocycles. The lowest BCUT2D eigenvalue weighted by molar-refractivity contribution is 0.661. The molecule has 2 aliphatic rings. The first-order chi connectivity index (χ1) is 20.2. The molecule has 0 N–H and O–H groups in total. The van der Waals surface area contributed by atoms with Crippen molar-refractivity contribution in [1.82, 2.24) is 0 Å². The summed E-state index contributed by atoms with van der Waals surface area (Å²) in [6.45, 7) is 14.1. The van der Waals surface area contributed by atoms with Crippen LogP contribution in [0.2, 0.25) is 0 Å². The zero-order valence-electron chi connectivity index (χ0n) is 25.2. The average Bonchev–Trinajstić information content (AvgIpc) is 3.34. The summed E-state index contributed by atoms with van der Waals surface area (Å²) in [6.07, 6.45) is 0. The third-order valence-corrected chi connectivity index (χ3v) is 10.6. The summed E-state index contributed by atoms with van der Waals surface area (Å²) >= 11 is 0. The molecule has 9 rings (SSSR count). The molecule has 0 aliphatic heterocycles. The van der Waals surface area contributed by atoms with Crippen LogP contribution in [0.3, 0.4) is 0 Å². The molecule has 0 saturated heterocycles. The first kappa shape index (κ1) is 24.2. The number of hydrogen-bond donors (Lipinski definition) is 0. The molecule has 0 heteroatoms. The van der Waals surface area contributed by atoms with Gasteiger partial charge in [0.1, 0.15) is 0 Å². The van der Waals surface area contributed by atoms with E-state index in [2.05, 4.69) is 139 Å². The van der Waals surface area contributed by atoms with E-state index in [-0.39, 0.29) is 10.8 Å². The molecule has 0 nitrogen and oxygen atoms in total. The van der Waals surface area contributed by atoms with E-state index in [1.807, 2.05) is 0 Å². The molecule has 202 valence electrons. The van der Waals surface area contributed by atoms with E-state index in [1.165, 1.54) is 99.1 Å². The van der Waals surface area contributed by atoms with Crippen LogP contribution in [-0.4, -0.2) is 0 Å². The average molecular weight is 539 g/mol. The SMILES string of the molecule is Cc1cc(C)cc(-c2cc3cc4c(c5ccc6c7c(cc2c6c35)-c2ccccc2C7(C)C)-c2ccccc2C4(C)C)c1. The molecule has 0 radical (unpaired) electrons. The molecular weight excluding hydrogens is 504 g/mol. The van der Waals surface area contributed by atoms with Gasteiger partial charge in [0.15, 0.2) is 0 Å². The fraction of sp³-hybridized carbons (Fsp3) is 0.190. The second kappa shape index (κ2) is 7.69. The quantitative estimate of drug-likeness (QED) is 0.182. The fourth-order valence-electron chi connectivity index (χ4n) is 8.86. The Labute approximate surface area is 248 Å². The van der Waals surface area contributed by atoms with E-state index in [0.717, 1.165) is 0 Å². The molecule has 0 unspecified atom stereocenters. The van der Waals surface area contributed by atoms with Crippen LogP contribution in [0.1, 0.15) is 61.1 Å². The standard InChI is InChI=1S/C42H34/c1-23-17-24(2)19-25(18-23)31-20-26-21-36-38(28-12-8-10-14-35(28)41(36,3)4)29-15-16-30-39(37(26)29)32(31)22-33-27-11-7-9-13-34(27)42(5,6)40(30)33/h7-22H,1-6H3. The molecule has 0 spiro atoms. The van der Waals surface area contributed by atoms with Gasteiger partial charge in [-0.3, -0.25) is 0 Å². The zero-order valence-corrected chi connectivity index (χ0v) is 25.2. The lowest BCUT2D eigenvalue weighted by Gasteiger charge is -2.26. The number of benzene rings is 7. The van der Waals surface area contributed by atoms with E-state index in [0.29, 0.717) is 0 Å². The first-order valence-electron chi connectivity index (χ1n) is 15.3. The minimum Gasteiger partial charge on any atom is -0.0619 e. The Balaban J connectivity index is 1.52. The minimum absolute atomic E-state index is 0.0403. The molecule has 42 heavy (non-hydrogen) atoms. The summed E-state index contributed by atoms with van der Waals surface area (Å²) in [6, 6.07) is 37.6. The lowest BCUT2D eigenvalue weighted by Crippen LogP contribution is -2.16. The molecule has 0 bridgehead atoms. The third-order valence-electron chi connectivity index (χ3n) is 10.6. The van der Waals surface area contributed by atoms with Crippen LogP contribution >= 0.6 is 0 Å². The Morgan fingerprint density at radius 2 is 1.10 bits per heavy atom. The second-order valence-electron chi connectivity index (χ2n) is 13.9. The maximum absolute atomic E-state index is 2.53. The van der Waals surface area contributed by atoms with Crippen molar-refractivity contribution in [2.24, 2.45) is 0 Å². The van der Waals surface area contributed by atoms with Gasteiger partial charge in [-0.15, -0.1) is 0 Å². The van der Waals surface area contributed by atoms with E-state index in [9.17, 15) is 0 Å². The monoisotopic (exact) mass is 538 g/mol. The van der Waals surface area contributed by atoms with Crippen LogP contribution in [0.15, 0.2) is 97.1 Å². The summed E-state index contributed by atoms with van der Waals surface area (Å²) in [7, 11) is 0. The fourth-order valence-corrected chi connectivity index (χ4v) is 8.86. The Bertz CT molecular complexity index is 2290. The Morgan fingerprint density at radius 3 is 1.83 bits per heavy atom. The predicted octanol–water partition coefficient (Wildman–Crippen LogP) is 11.5. The van der Waals surface area contributed by atoms with Crippen molar-refractivity contribution in [3.05, 3.63) is 130 Å². The van der Waals surface area contributed by atoms with Gasteiger partial charge < -0.3 is 0 Å². The number of rotatable bonds is 1. The van der Waals surface area contributed by atoms with Crippen LogP contribution < -0.4 is 0 Å². The van der Waals surface area contributed by atoms with E-state index in [1.54, 1.807) is 0 Å². The van der Waals surface area contributed by atoms with E-state index in [4.69, 9.17) is 0 Å². The van der Waals surface area contributed by atoms with Crippen molar-refractivity contribution < 1.29 is 0 Å². The van der Waals surface area contributed by atoms with Crippen LogP contribution in [0.25, 0.3) is 65.7 Å². The highest BCUT2D eigenvalue weighted by Gasteiger charge is 2.40. The van der Waals surface area contributed by atoms with Crippen molar-refractivity contribution in [2.45, 2.75) is 52.4 Å². The first-order valence-corrected chi connectivity index (χ1v) is 15.3. The molecule has 0 saturated carbocycles. The summed E-state index contributed by atoms with van der Waals surface area (Å²) in [4.78, 5) is 0. The Morgan fingerprint density at radius 1 is 0.452 bits per heavy atom. The van der Waals surface area contributed by atoms with Gasteiger partial charge in [-0.2, -0.15) is 0 Å². The molecule has 0 fully saturated rings. The molecule has 0 amide bonds. The molecule has 7 aromatic carbocycles. The van der Waals surface area contributed by atoms with Gasteiger partial charge in [-0.1, -0.05) is 118 Å². The van der Waals surface area contributed by atoms with Gasteiger partial charge in [0.2, 0.25) is 0 Å². The number of aryl methyl sites for hydroxylation is 2. The van der Waals surface area contributed by atoms with Crippen LogP contribution in [0, 0.1) is 13.8 Å². The Kier molecular flexibility index (Phi) is 4.43. The molecule has 2 aliphatic carbocycles. The summed E-state index contributed by atoms with van der Waals surface area (Å²) in [5, 5.41) is 8.34. The highest BCUT2D eigenvalue weighted by Crippen LogP contribution is 2.57. The smallest absolute Gasteiger partial charge is 0.0165 e. The van der Waals surface area contributed by atoms with Crippen LogP contribution in [-0.2, 0) is 10.8 Å². The normalized spacial score (nSPS) is 15.8. The molecule has 0 aromatic heterocycles. The summed E-state index contributed by atoms with van der Waals surface area (Å²) in [5.74, 6) is 0. The largest absolute Gasteiger partial charge is 0.0619 e. The maximum Gasteiger partial charge on any atom is 0.0165 e. The molecular formula is C42H34. The van der Waals surface area contributed by atoms with Gasteiger partial charge in [0, 0.05) is 10.8 Å². The maximum atomic E-state index is 2.53. The number of fused-ring (bicyclic) bond motifs is 8. The van der Waals surface area contributed by atoms with Crippen molar-refractivity contribution >= 4 is 32.3 Å². The van der Waals surface area contributed by atoms with Crippen molar-refractivity contribution in [3.8, 4) is 33.4 Å². The lowest BCUT2D eigenvalue weighted by atomic mass is 9.76. The number of hydrogen-bond acceptors (Lipinski definition) is 0. The Hall–Kier alpha value is -4.42. The van der Waals surface area contributed by atoms with Gasteiger partial charge in [0.25, 0.3) is 0 Å². The van der Waals surface area contributed by atoms with Crippen molar-refractivity contribution in [2.75, 3.05) is 0 Å².